The van der Waals surface area contributed by atoms with Crippen LogP contribution in [0.3, 0.4) is 0 Å². The zero-order valence-corrected chi connectivity index (χ0v) is 15.3. The molecule has 1 aromatic heterocycles. The second-order valence-corrected chi connectivity index (χ2v) is 6.10. The number of likely N-dealkylation sites (N-methyl/N-ethyl adjacent to an activating group) is 1. The first-order valence-electron chi connectivity index (χ1n) is 8.74. The van der Waals surface area contributed by atoms with Crippen LogP contribution in [-0.4, -0.2) is 53.5 Å². The van der Waals surface area contributed by atoms with Crippen LogP contribution in [0.4, 0.5) is 0 Å². The molecule has 1 N–H and O–H groups in total. The molecule has 2 amide bonds. The van der Waals surface area contributed by atoms with Crippen molar-refractivity contribution < 1.29 is 23.8 Å². The zero-order valence-electron chi connectivity index (χ0n) is 15.3. The maximum atomic E-state index is 13.1. The summed E-state index contributed by atoms with van der Waals surface area (Å²) in [4.78, 5) is 28.8. The van der Waals surface area contributed by atoms with Crippen LogP contribution in [-0.2, 0) is 16.1 Å². The van der Waals surface area contributed by atoms with Crippen LogP contribution in [0.25, 0.3) is 5.57 Å². The van der Waals surface area contributed by atoms with E-state index < -0.39 is 5.91 Å². The van der Waals surface area contributed by atoms with E-state index in [1.807, 2.05) is 6.92 Å². The molecule has 0 radical (unpaired) electrons. The second kappa shape index (κ2) is 8.09. The molecule has 2 heterocycles. The number of amides is 2. The molecule has 1 aliphatic heterocycles. The number of furan rings is 1. The Hall–Kier alpha value is -3.06. The predicted octanol–water partition coefficient (Wildman–Crippen LogP) is 1.88. The lowest BCUT2D eigenvalue weighted by Gasteiger charge is -2.20. The monoisotopic (exact) mass is 370 g/mol. The van der Waals surface area contributed by atoms with Crippen LogP contribution in [0.1, 0.15) is 18.2 Å². The molecule has 0 aliphatic carbocycles. The van der Waals surface area contributed by atoms with Crippen LogP contribution >= 0.6 is 0 Å². The molecule has 1 aromatic carbocycles. The summed E-state index contributed by atoms with van der Waals surface area (Å²) >= 11 is 0. The van der Waals surface area contributed by atoms with Crippen molar-refractivity contribution in [3.8, 4) is 5.75 Å². The Labute approximate surface area is 157 Å². The molecular formula is C20H22N2O5. The molecule has 0 spiro atoms. The fourth-order valence-corrected chi connectivity index (χ4v) is 3.03. The number of imide groups is 1. The summed E-state index contributed by atoms with van der Waals surface area (Å²) in [6.07, 6.45) is 1.50. The van der Waals surface area contributed by atoms with Crippen molar-refractivity contribution in [1.29, 1.82) is 0 Å². The van der Waals surface area contributed by atoms with Crippen molar-refractivity contribution in [2.24, 2.45) is 0 Å². The Bertz CT molecular complexity index is 840. The Morgan fingerprint density at radius 1 is 1.15 bits per heavy atom. The molecular weight excluding hydrogens is 348 g/mol. The van der Waals surface area contributed by atoms with Gasteiger partial charge in [-0.2, -0.15) is 0 Å². The van der Waals surface area contributed by atoms with Gasteiger partial charge in [0.25, 0.3) is 11.8 Å². The van der Waals surface area contributed by atoms with E-state index in [0.29, 0.717) is 29.3 Å². The van der Waals surface area contributed by atoms with Crippen LogP contribution in [0.2, 0.25) is 0 Å². The second-order valence-electron chi connectivity index (χ2n) is 6.10. The molecule has 0 fully saturated rings. The van der Waals surface area contributed by atoms with Crippen molar-refractivity contribution in [3.05, 3.63) is 59.7 Å². The van der Waals surface area contributed by atoms with Gasteiger partial charge in [-0.3, -0.25) is 14.5 Å². The smallest absolute Gasteiger partial charge is 0.278 e. The minimum Gasteiger partial charge on any atom is -0.494 e. The summed E-state index contributed by atoms with van der Waals surface area (Å²) in [5.74, 6) is 0.418. The molecule has 27 heavy (non-hydrogen) atoms. The Kier molecular flexibility index (Phi) is 5.61. The fourth-order valence-electron chi connectivity index (χ4n) is 3.03. The zero-order chi connectivity index (χ0) is 19.4. The highest BCUT2D eigenvalue weighted by molar-refractivity contribution is 6.35. The normalized spacial score (nSPS) is 14.3. The number of hydrogen-bond donors (Lipinski definition) is 1. The number of hydrogen-bond acceptors (Lipinski definition) is 6. The van der Waals surface area contributed by atoms with Gasteiger partial charge in [0.2, 0.25) is 0 Å². The van der Waals surface area contributed by atoms with E-state index in [2.05, 4.69) is 0 Å². The molecule has 0 saturated heterocycles. The van der Waals surface area contributed by atoms with Gasteiger partial charge in [-0.15, -0.1) is 0 Å². The maximum absolute atomic E-state index is 13.1. The van der Waals surface area contributed by atoms with Gasteiger partial charge in [-0.05, 0) is 36.8 Å². The highest BCUT2D eigenvalue weighted by Gasteiger charge is 2.41. The van der Waals surface area contributed by atoms with Crippen molar-refractivity contribution in [1.82, 2.24) is 9.80 Å². The van der Waals surface area contributed by atoms with E-state index in [1.54, 1.807) is 48.3 Å². The minimum atomic E-state index is -0.406. The summed E-state index contributed by atoms with van der Waals surface area (Å²) in [5, 5.41) is 9.27. The maximum Gasteiger partial charge on any atom is 0.278 e. The van der Waals surface area contributed by atoms with Crippen LogP contribution in [0.15, 0.2) is 52.8 Å². The topological polar surface area (TPSA) is 83.2 Å². The number of carbonyl (C=O) groups excluding carboxylic acids is 2. The Balaban J connectivity index is 1.98. The predicted molar refractivity (Wildman–Crippen MR) is 98.5 cm³/mol. The van der Waals surface area contributed by atoms with Gasteiger partial charge >= 0.3 is 0 Å². The standard InChI is InChI=1S/C20H22N2O5/c1-3-26-15-8-6-14(7-9-15)17-18(21(2)10-11-23)20(25)22(19(17)24)13-16-5-4-12-27-16/h4-9,12,23H,3,10-11,13H2,1-2H3. The van der Waals surface area contributed by atoms with E-state index in [4.69, 9.17) is 9.15 Å². The lowest BCUT2D eigenvalue weighted by atomic mass is 10.0. The molecule has 0 saturated carbocycles. The number of ether oxygens (including phenoxy) is 1. The van der Waals surface area contributed by atoms with Crippen LogP contribution in [0.5, 0.6) is 5.75 Å². The lowest BCUT2D eigenvalue weighted by molar-refractivity contribution is -0.138. The van der Waals surface area contributed by atoms with E-state index >= 15 is 0 Å². The van der Waals surface area contributed by atoms with E-state index in [1.165, 1.54) is 6.26 Å². The first-order chi connectivity index (χ1) is 13.1. The summed E-state index contributed by atoms with van der Waals surface area (Å²) in [5.41, 5.74) is 1.20. The highest BCUT2D eigenvalue weighted by atomic mass is 16.5. The number of carbonyl (C=O) groups is 2. The number of rotatable bonds is 8. The minimum absolute atomic E-state index is 0.0572. The summed E-state index contributed by atoms with van der Waals surface area (Å²) in [6.45, 7) is 2.60. The van der Waals surface area contributed by atoms with Crippen molar-refractivity contribution in [2.45, 2.75) is 13.5 Å². The molecule has 142 valence electrons. The van der Waals surface area contributed by atoms with Gasteiger partial charge in [0, 0.05) is 13.6 Å². The average molecular weight is 370 g/mol. The third-order valence-electron chi connectivity index (χ3n) is 4.31. The quantitative estimate of drug-likeness (QED) is 0.715. The van der Waals surface area contributed by atoms with Crippen molar-refractivity contribution in [2.75, 3.05) is 26.8 Å². The summed E-state index contributed by atoms with van der Waals surface area (Å²) < 4.78 is 10.7. The fraction of sp³-hybridized carbons (Fsp3) is 0.300. The first-order valence-corrected chi connectivity index (χ1v) is 8.74. The van der Waals surface area contributed by atoms with E-state index in [9.17, 15) is 14.7 Å². The molecule has 3 rings (SSSR count). The van der Waals surface area contributed by atoms with Gasteiger partial charge < -0.3 is 19.2 Å². The number of benzene rings is 1. The van der Waals surface area contributed by atoms with Crippen molar-refractivity contribution >= 4 is 17.4 Å². The SMILES string of the molecule is CCOc1ccc(C2=C(N(C)CCO)C(=O)N(Cc3ccco3)C2=O)cc1. The molecule has 1 aliphatic rings. The summed E-state index contributed by atoms with van der Waals surface area (Å²) in [7, 11) is 1.68. The Morgan fingerprint density at radius 3 is 2.48 bits per heavy atom. The number of aliphatic hydroxyl groups is 1. The number of nitrogens with zero attached hydrogens (tertiary/aromatic N) is 2. The summed E-state index contributed by atoms with van der Waals surface area (Å²) in [6, 6.07) is 10.5. The molecule has 7 heteroatoms. The van der Waals surface area contributed by atoms with Crippen LogP contribution in [0, 0.1) is 0 Å². The Morgan fingerprint density at radius 2 is 1.89 bits per heavy atom. The van der Waals surface area contributed by atoms with E-state index in [-0.39, 0.29) is 31.3 Å². The molecule has 2 aromatic rings. The van der Waals surface area contributed by atoms with Gasteiger partial charge in [-0.1, -0.05) is 12.1 Å². The van der Waals surface area contributed by atoms with Gasteiger partial charge in [0.15, 0.2) is 0 Å². The molecule has 0 atom stereocenters. The highest BCUT2D eigenvalue weighted by Crippen LogP contribution is 2.32. The van der Waals surface area contributed by atoms with Crippen LogP contribution < -0.4 is 4.74 Å². The largest absolute Gasteiger partial charge is 0.494 e. The van der Waals surface area contributed by atoms with Gasteiger partial charge in [0.1, 0.15) is 17.2 Å². The van der Waals surface area contributed by atoms with Gasteiger partial charge in [-0.25, -0.2) is 0 Å². The first kappa shape index (κ1) is 18.7. The lowest BCUT2D eigenvalue weighted by Crippen LogP contribution is -2.34. The molecule has 7 nitrogen and oxygen atoms in total. The molecule has 0 unspecified atom stereocenters. The van der Waals surface area contributed by atoms with Gasteiger partial charge in [0.05, 0.1) is 31.6 Å². The van der Waals surface area contributed by atoms with E-state index in [0.717, 1.165) is 4.90 Å². The molecule has 0 bridgehead atoms. The average Bonchev–Trinajstić information content (AvgIpc) is 3.25. The number of aliphatic hydroxyl groups excluding tert-OH is 1. The van der Waals surface area contributed by atoms with Crippen molar-refractivity contribution in [3.63, 3.8) is 0 Å². The third kappa shape index (κ3) is 3.73. The third-order valence-corrected chi connectivity index (χ3v) is 4.31.